The Morgan fingerprint density at radius 2 is 2.21 bits per heavy atom. The highest BCUT2D eigenvalue weighted by Gasteiger charge is 2.26. The summed E-state index contributed by atoms with van der Waals surface area (Å²) in [5.74, 6) is 0. The Labute approximate surface area is 82.3 Å². The third-order valence-electron chi connectivity index (χ3n) is 3.42. The van der Waals surface area contributed by atoms with Crippen molar-refractivity contribution in [1.29, 1.82) is 0 Å². The molecule has 2 heterocycles. The first-order valence-electron chi connectivity index (χ1n) is 5.39. The largest absolute Gasteiger partial charge is 0.311 e. The van der Waals surface area contributed by atoms with Gasteiger partial charge in [-0.1, -0.05) is 0 Å². The van der Waals surface area contributed by atoms with Gasteiger partial charge in [0.05, 0.1) is 11.7 Å². The van der Waals surface area contributed by atoms with E-state index < -0.39 is 0 Å². The molecular formula is C10H15N3O. The van der Waals surface area contributed by atoms with E-state index in [0.29, 0.717) is 6.04 Å². The van der Waals surface area contributed by atoms with Crippen molar-refractivity contribution in [3.8, 4) is 0 Å². The summed E-state index contributed by atoms with van der Waals surface area (Å²) >= 11 is 0. The van der Waals surface area contributed by atoms with Gasteiger partial charge in [-0.2, -0.15) is 0 Å². The molecule has 0 saturated heterocycles. The molecule has 0 spiro atoms. The molecule has 2 N–H and O–H groups in total. The van der Waals surface area contributed by atoms with E-state index in [1.807, 2.05) is 0 Å². The van der Waals surface area contributed by atoms with Crippen molar-refractivity contribution in [3.05, 3.63) is 21.6 Å². The van der Waals surface area contributed by atoms with E-state index >= 15 is 0 Å². The maximum Gasteiger partial charge on any atom is 0.267 e. The Kier molecular flexibility index (Phi) is 1.77. The molecule has 0 radical (unpaired) electrons. The summed E-state index contributed by atoms with van der Waals surface area (Å²) in [4.78, 5) is 11.6. The zero-order valence-electron chi connectivity index (χ0n) is 8.18. The third kappa shape index (κ3) is 1.07. The topological polar surface area (TPSA) is 49.8 Å². The minimum Gasteiger partial charge on any atom is -0.311 e. The lowest BCUT2D eigenvalue weighted by molar-refractivity contribution is 0.278. The van der Waals surface area contributed by atoms with Gasteiger partial charge in [0.15, 0.2) is 0 Å². The summed E-state index contributed by atoms with van der Waals surface area (Å²) in [5, 5.41) is 6.30. The molecule has 4 heteroatoms. The first-order chi connectivity index (χ1) is 6.86. The Balaban J connectivity index is 2.06. The van der Waals surface area contributed by atoms with Crippen molar-refractivity contribution in [2.24, 2.45) is 0 Å². The number of H-pyrrole nitrogens is 1. The van der Waals surface area contributed by atoms with Crippen molar-refractivity contribution < 1.29 is 0 Å². The van der Waals surface area contributed by atoms with Crippen molar-refractivity contribution in [2.75, 3.05) is 6.54 Å². The average Bonchev–Trinajstić information content (AvgIpc) is 2.43. The summed E-state index contributed by atoms with van der Waals surface area (Å²) in [7, 11) is 0. The summed E-state index contributed by atoms with van der Waals surface area (Å²) in [5.41, 5.74) is 2.34. The molecule has 4 nitrogen and oxygen atoms in total. The smallest absolute Gasteiger partial charge is 0.267 e. The summed E-state index contributed by atoms with van der Waals surface area (Å²) < 4.78 is 2.10. The molecule has 14 heavy (non-hydrogen) atoms. The Bertz CT molecular complexity index is 400. The molecule has 1 fully saturated rings. The fourth-order valence-corrected chi connectivity index (χ4v) is 2.35. The van der Waals surface area contributed by atoms with Gasteiger partial charge in [0.25, 0.3) is 5.56 Å². The van der Waals surface area contributed by atoms with E-state index in [4.69, 9.17) is 0 Å². The molecule has 1 aromatic rings. The van der Waals surface area contributed by atoms with E-state index in [0.717, 1.165) is 25.1 Å². The normalized spacial score (nSPS) is 21.7. The third-order valence-corrected chi connectivity index (χ3v) is 3.42. The lowest BCUT2D eigenvalue weighted by Crippen LogP contribution is -2.28. The molecule has 1 aromatic heterocycles. The number of nitrogens with one attached hydrogen (secondary N) is 2. The van der Waals surface area contributed by atoms with Crippen LogP contribution in [-0.4, -0.2) is 16.3 Å². The van der Waals surface area contributed by atoms with Gasteiger partial charge in [-0.05, 0) is 32.2 Å². The number of hydrogen-bond donors (Lipinski definition) is 2. The van der Waals surface area contributed by atoms with Crippen LogP contribution in [0.5, 0.6) is 0 Å². The minimum atomic E-state index is 0.133. The van der Waals surface area contributed by atoms with Crippen LogP contribution in [0.25, 0.3) is 0 Å². The average molecular weight is 193 g/mol. The second-order valence-corrected chi connectivity index (χ2v) is 4.25. The van der Waals surface area contributed by atoms with Gasteiger partial charge in [-0.25, -0.2) is 0 Å². The molecule has 0 bridgehead atoms. The minimum absolute atomic E-state index is 0.133. The predicted octanol–water partition coefficient (Wildman–Crippen LogP) is 0.547. The van der Waals surface area contributed by atoms with Crippen molar-refractivity contribution in [1.82, 2.24) is 15.1 Å². The molecule has 1 aliphatic heterocycles. The van der Waals surface area contributed by atoms with Crippen LogP contribution in [-0.2, 0) is 13.0 Å². The van der Waals surface area contributed by atoms with Crippen LogP contribution in [0.1, 0.15) is 36.6 Å². The van der Waals surface area contributed by atoms with Crippen LogP contribution in [0.3, 0.4) is 0 Å². The summed E-state index contributed by atoms with van der Waals surface area (Å²) in [6, 6.07) is 0.561. The maximum atomic E-state index is 11.6. The van der Waals surface area contributed by atoms with Gasteiger partial charge in [0.2, 0.25) is 0 Å². The van der Waals surface area contributed by atoms with Crippen LogP contribution >= 0.6 is 0 Å². The van der Waals surface area contributed by atoms with Crippen LogP contribution in [0.2, 0.25) is 0 Å². The maximum absolute atomic E-state index is 11.6. The fraction of sp³-hybridized carbons (Fsp3) is 0.700. The highest BCUT2D eigenvalue weighted by Crippen LogP contribution is 2.32. The number of aromatic nitrogens is 2. The first kappa shape index (κ1) is 8.29. The van der Waals surface area contributed by atoms with Crippen LogP contribution in [0.15, 0.2) is 4.79 Å². The summed E-state index contributed by atoms with van der Waals surface area (Å²) in [6.45, 7) is 1.79. The molecule has 0 aromatic carbocycles. The predicted molar refractivity (Wildman–Crippen MR) is 53.4 cm³/mol. The molecule has 76 valence electrons. The van der Waals surface area contributed by atoms with E-state index in [9.17, 15) is 4.79 Å². The lowest BCUT2D eigenvalue weighted by Gasteiger charge is -2.29. The Hall–Kier alpha value is -1.03. The highest BCUT2D eigenvalue weighted by molar-refractivity contribution is 5.21. The monoisotopic (exact) mass is 193 g/mol. The van der Waals surface area contributed by atoms with Gasteiger partial charge >= 0.3 is 0 Å². The quantitative estimate of drug-likeness (QED) is 0.684. The van der Waals surface area contributed by atoms with Gasteiger partial charge in [0, 0.05) is 12.1 Å². The molecule has 3 rings (SSSR count). The molecule has 2 aliphatic rings. The zero-order chi connectivity index (χ0) is 9.54. The van der Waals surface area contributed by atoms with Crippen LogP contribution in [0.4, 0.5) is 0 Å². The van der Waals surface area contributed by atoms with Gasteiger partial charge < -0.3 is 5.32 Å². The Morgan fingerprint density at radius 1 is 1.36 bits per heavy atom. The second-order valence-electron chi connectivity index (χ2n) is 4.25. The van der Waals surface area contributed by atoms with Crippen LogP contribution < -0.4 is 10.9 Å². The lowest BCUT2D eigenvalue weighted by atomic mass is 9.93. The summed E-state index contributed by atoms with van der Waals surface area (Å²) in [6.07, 6.45) is 4.62. The van der Waals surface area contributed by atoms with Crippen molar-refractivity contribution in [2.45, 2.75) is 38.3 Å². The standard InChI is InChI=1S/C10H15N3O/c14-10-8-4-5-11-6-9(8)13(12-10)7-2-1-3-7/h7,11H,1-6H2,(H,12,14). The number of fused-ring (bicyclic) bond motifs is 1. The fourth-order valence-electron chi connectivity index (χ4n) is 2.35. The highest BCUT2D eigenvalue weighted by atomic mass is 16.1. The van der Waals surface area contributed by atoms with E-state index in [-0.39, 0.29) is 5.56 Å². The molecule has 0 atom stereocenters. The van der Waals surface area contributed by atoms with Crippen molar-refractivity contribution >= 4 is 0 Å². The van der Waals surface area contributed by atoms with E-state index in [1.165, 1.54) is 25.0 Å². The van der Waals surface area contributed by atoms with E-state index in [1.54, 1.807) is 0 Å². The Morgan fingerprint density at radius 3 is 2.93 bits per heavy atom. The number of hydrogen-bond acceptors (Lipinski definition) is 2. The van der Waals surface area contributed by atoms with Crippen molar-refractivity contribution in [3.63, 3.8) is 0 Å². The molecule has 1 aliphatic carbocycles. The zero-order valence-corrected chi connectivity index (χ0v) is 8.18. The molecule has 0 amide bonds. The molecular weight excluding hydrogens is 178 g/mol. The number of rotatable bonds is 1. The van der Waals surface area contributed by atoms with Gasteiger partial charge in [-0.15, -0.1) is 0 Å². The van der Waals surface area contributed by atoms with Gasteiger partial charge in [-0.3, -0.25) is 14.6 Å². The second kappa shape index (κ2) is 2.98. The molecule has 1 saturated carbocycles. The van der Waals surface area contributed by atoms with Crippen LogP contribution in [0, 0.1) is 0 Å². The molecule has 0 unspecified atom stereocenters. The van der Waals surface area contributed by atoms with E-state index in [2.05, 4.69) is 15.1 Å². The first-order valence-corrected chi connectivity index (χ1v) is 5.39. The number of nitrogens with zero attached hydrogens (tertiary/aromatic N) is 1. The van der Waals surface area contributed by atoms with Gasteiger partial charge in [0.1, 0.15) is 0 Å². The number of aromatic amines is 1. The SMILES string of the molecule is O=c1[nH]n(C2CCC2)c2c1CCNC2.